The maximum Gasteiger partial charge on any atom is 0.201 e. The van der Waals surface area contributed by atoms with Gasteiger partial charge in [-0.25, -0.2) is 0 Å². The number of hydrogen-bond acceptors (Lipinski definition) is 8. The molecule has 1 aliphatic carbocycles. The van der Waals surface area contributed by atoms with Gasteiger partial charge in [0.05, 0.1) is 28.9 Å². The molecule has 0 saturated heterocycles. The van der Waals surface area contributed by atoms with E-state index in [-0.39, 0.29) is 28.7 Å². The summed E-state index contributed by atoms with van der Waals surface area (Å²) in [7, 11) is 0. The van der Waals surface area contributed by atoms with E-state index in [0.29, 0.717) is 12.8 Å². The molecule has 2 aromatic carbocycles. The average molecular weight is 388 g/mol. The van der Waals surface area contributed by atoms with E-state index in [1.807, 2.05) is 0 Å². The lowest BCUT2D eigenvalue weighted by Gasteiger charge is -2.23. The number of carbonyl (C=O) groups excluding carboxylic acids is 2. The lowest BCUT2D eigenvalue weighted by atomic mass is 9.81. The van der Waals surface area contributed by atoms with Crippen LogP contribution < -0.4 is 0 Å². The van der Waals surface area contributed by atoms with Crippen molar-refractivity contribution in [2.24, 2.45) is 0 Å². The van der Waals surface area contributed by atoms with Crippen LogP contribution in [-0.4, -0.2) is 48.3 Å². The molecular formula is C20H20O8. The first-order valence-electron chi connectivity index (χ1n) is 8.73. The second kappa shape index (κ2) is 7.14. The molecule has 8 heteroatoms. The van der Waals surface area contributed by atoms with Crippen LogP contribution in [-0.2, 0) is 0 Å². The van der Waals surface area contributed by atoms with E-state index in [0.717, 1.165) is 18.2 Å². The summed E-state index contributed by atoms with van der Waals surface area (Å²) in [4.78, 5) is 25.5. The Balaban J connectivity index is 2.10. The highest BCUT2D eigenvalue weighted by Crippen LogP contribution is 2.45. The van der Waals surface area contributed by atoms with Crippen molar-refractivity contribution in [2.75, 3.05) is 0 Å². The van der Waals surface area contributed by atoms with Crippen molar-refractivity contribution in [2.45, 2.75) is 38.4 Å². The molecule has 0 heterocycles. The third kappa shape index (κ3) is 3.17. The minimum absolute atomic E-state index is 0.0999. The van der Waals surface area contributed by atoms with Crippen LogP contribution in [0.5, 0.6) is 23.0 Å². The third-order valence-corrected chi connectivity index (χ3v) is 4.80. The first kappa shape index (κ1) is 19.7. The highest BCUT2D eigenvalue weighted by Gasteiger charge is 2.37. The highest BCUT2D eigenvalue weighted by molar-refractivity contribution is 6.30. The molecule has 1 aliphatic rings. The maximum atomic E-state index is 12.8. The number of carbonyl (C=O) groups is 2. The largest absolute Gasteiger partial charge is 0.508 e. The highest BCUT2D eigenvalue weighted by atomic mass is 16.3. The molecule has 0 spiro atoms. The molecule has 0 amide bonds. The molecule has 0 fully saturated rings. The van der Waals surface area contributed by atoms with Crippen molar-refractivity contribution in [3.63, 3.8) is 0 Å². The molecule has 2 atom stereocenters. The molecule has 0 aromatic heterocycles. The van der Waals surface area contributed by atoms with Crippen LogP contribution in [0.3, 0.4) is 0 Å². The number of aromatic hydroxyl groups is 4. The summed E-state index contributed by atoms with van der Waals surface area (Å²) in [5, 5.41) is 60.1. The minimum Gasteiger partial charge on any atom is -0.508 e. The first-order chi connectivity index (χ1) is 13.1. The average Bonchev–Trinajstić information content (AvgIpc) is 2.58. The molecule has 0 bridgehead atoms. The van der Waals surface area contributed by atoms with Crippen LogP contribution in [0.1, 0.15) is 69.7 Å². The van der Waals surface area contributed by atoms with E-state index < -0.39 is 52.3 Å². The van der Waals surface area contributed by atoms with Crippen LogP contribution in [0.2, 0.25) is 0 Å². The molecule has 0 aliphatic heterocycles. The lowest BCUT2D eigenvalue weighted by Crippen LogP contribution is -2.22. The predicted molar refractivity (Wildman–Crippen MR) is 96.9 cm³/mol. The fourth-order valence-electron chi connectivity index (χ4n) is 3.46. The Bertz CT molecular complexity index is 977. The minimum atomic E-state index is -1.33. The number of aliphatic hydroxyl groups excluding tert-OH is 2. The molecule has 3 rings (SSSR count). The van der Waals surface area contributed by atoms with Crippen molar-refractivity contribution in [3.05, 3.63) is 46.0 Å². The SMILES string of the molecule is C[C@@H](O)CCC[C@H](O)c1c(O)cc2c(c1O)C(=O)c1c(O)cc(O)cc1C2=O. The summed E-state index contributed by atoms with van der Waals surface area (Å²) in [6, 6.07) is 2.90. The maximum absolute atomic E-state index is 12.8. The Morgan fingerprint density at radius 2 is 1.46 bits per heavy atom. The summed E-state index contributed by atoms with van der Waals surface area (Å²) < 4.78 is 0. The lowest BCUT2D eigenvalue weighted by molar-refractivity contribution is 0.0971. The van der Waals surface area contributed by atoms with Crippen LogP contribution in [0.15, 0.2) is 18.2 Å². The van der Waals surface area contributed by atoms with Gasteiger partial charge in [-0.2, -0.15) is 0 Å². The number of ketones is 2. The normalized spacial score (nSPS) is 15.1. The molecule has 6 N–H and O–H groups in total. The van der Waals surface area contributed by atoms with Gasteiger partial charge in [-0.1, -0.05) is 0 Å². The van der Waals surface area contributed by atoms with Gasteiger partial charge in [-0.15, -0.1) is 0 Å². The van der Waals surface area contributed by atoms with Gasteiger partial charge in [0, 0.05) is 17.2 Å². The standard InChI is InChI=1S/C20H20O8/c1-8(21)3-2-4-12(23)17-14(25)7-11-16(20(17)28)19(27)15-10(18(11)26)5-9(22)6-13(15)24/h5-8,12,21-25,28H,2-4H2,1H3/t8-,12+/m1/s1. The van der Waals surface area contributed by atoms with E-state index in [1.54, 1.807) is 6.92 Å². The number of rotatable bonds is 5. The predicted octanol–water partition coefficient (Wildman–Crippen LogP) is 1.87. The molecule has 0 radical (unpaired) electrons. The number of phenolic OH excluding ortho intramolecular Hbond substituents is 4. The number of fused-ring (bicyclic) bond motifs is 2. The Labute approximate surface area is 159 Å². The quantitative estimate of drug-likeness (QED) is 0.387. The van der Waals surface area contributed by atoms with E-state index in [2.05, 4.69) is 0 Å². The number of hydrogen-bond donors (Lipinski definition) is 6. The number of benzene rings is 2. The second-order valence-corrected chi connectivity index (χ2v) is 6.92. The van der Waals surface area contributed by atoms with E-state index in [1.165, 1.54) is 0 Å². The Hall–Kier alpha value is -3.10. The van der Waals surface area contributed by atoms with Gasteiger partial charge in [0.25, 0.3) is 0 Å². The fourth-order valence-corrected chi connectivity index (χ4v) is 3.46. The molecule has 0 saturated carbocycles. The van der Waals surface area contributed by atoms with Crippen LogP contribution in [0, 0.1) is 0 Å². The zero-order valence-corrected chi connectivity index (χ0v) is 15.0. The zero-order chi connectivity index (χ0) is 20.7. The summed E-state index contributed by atoms with van der Waals surface area (Å²) in [5.74, 6) is -3.97. The van der Waals surface area contributed by atoms with Crippen LogP contribution in [0.25, 0.3) is 0 Å². The smallest absolute Gasteiger partial charge is 0.201 e. The van der Waals surface area contributed by atoms with Crippen molar-refractivity contribution < 1.29 is 40.2 Å². The Morgan fingerprint density at radius 1 is 0.821 bits per heavy atom. The van der Waals surface area contributed by atoms with Crippen LogP contribution >= 0.6 is 0 Å². The summed E-state index contributed by atoms with van der Waals surface area (Å²) >= 11 is 0. The monoisotopic (exact) mass is 388 g/mol. The third-order valence-electron chi connectivity index (χ3n) is 4.80. The van der Waals surface area contributed by atoms with Crippen molar-refractivity contribution in [3.8, 4) is 23.0 Å². The van der Waals surface area contributed by atoms with E-state index in [9.17, 15) is 40.2 Å². The van der Waals surface area contributed by atoms with Gasteiger partial charge in [-0.05, 0) is 38.3 Å². The summed E-state index contributed by atoms with van der Waals surface area (Å²) in [6.07, 6.45) is -1.02. The van der Waals surface area contributed by atoms with Gasteiger partial charge in [0.15, 0.2) is 5.78 Å². The van der Waals surface area contributed by atoms with E-state index in [4.69, 9.17) is 0 Å². The number of phenols is 4. The molecule has 8 nitrogen and oxygen atoms in total. The number of aliphatic hydroxyl groups is 2. The Kier molecular flexibility index (Phi) is 5.01. The van der Waals surface area contributed by atoms with Crippen molar-refractivity contribution >= 4 is 11.6 Å². The van der Waals surface area contributed by atoms with Gasteiger partial charge >= 0.3 is 0 Å². The van der Waals surface area contributed by atoms with Crippen molar-refractivity contribution in [1.29, 1.82) is 0 Å². The molecule has 148 valence electrons. The van der Waals surface area contributed by atoms with E-state index >= 15 is 0 Å². The van der Waals surface area contributed by atoms with Gasteiger partial charge in [0.1, 0.15) is 23.0 Å². The summed E-state index contributed by atoms with van der Waals surface area (Å²) in [6.45, 7) is 1.59. The van der Waals surface area contributed by atoms with Crippen LogP contribution in [0.4, 0.5) is 0 Å². The van der Waals surface area contributed by atoms with Gasteiger partial charge in [-0.3, -0.25) is 9.59 Å². The molecule has 28 heavy (non-hydrogen) atoms. The Morgan fingerprint density at radius 3 is 2.11 bits per heavy atom. The molecule has 0 unspecified atom stereocenters. The second-order valence-electron chi connectivity index (χ2n) is 6.92. The zero-order valence-electron chi connectivity index (χ0n) is 15.0. The molecule has 2 aromatic rings. The summed E-state index contributed by atoms with van der Waals surface area (Å²) in [5.41, 5.74) is -1.64. The fraction of sp³-hybridized carbons (Fsp3) is 0.300. The van der Waals surface area contributed by atoms with Gasteiger partial charge < -0.3 is 30.6 Å². The topological polar surface area (TPSA) is 156 Å². The molecular weight excluding hydrogens is 368 g/mol. The van der Waals surface area contributed by atoms with Gasteiger partial charge in [0.2, 0.25) is 5.78 Å². The van der Waals surface area contributed by atoms with Crippen molar-refractivity contribution in [1.82, 2.24) is 0 Å². The first-order valence-corrected chi connectivity index (χ1v) is 8.73.